The Balaban J connectivity index is 3.35. The van der Waals surface area contributed by atoms with Crippen LogP contribution >= 0.6 is 11.6 Å². The quantitative estimate of drug-likeness (QED) is 0.840. The third-order valence-corrected chi connectivity index (χ3v) is 1.97. The van der Waals surface area contributed by atoms with Gasteiger partial charge in [0.15, 0.2) is 5.75 Å². The van der Waals surface area contributed by atoms with Crippen LogP contribution in [0.15, 0.2) is 12.1 Å². The predicted octanol–water partition coefficient (Wildman–Crippen LogP) is 2.06. The zero-order chi connectivity index (χ0) is 10.7. The first-order chi connectivity index (χ1) is 6.60. The van der Waals surface area contributed by atoms with Gasteiger partial charge < -0.3 is 14.6 Å². The van der Waals surface area contributed by atoms with Crippen molar-refractivity contribution in [3.05, 3.63) is 22.7 Å². The highest BCUT2D eigenvalue weighted by Gasteiger charge is 2.16. The van der Waals surface area contributed by atoms with Crippen molar-refractivity contribution in [3.63, 3.8) is 0 Å². The SMILES string of the molecule is COc1cc(Cl)c(OC)c(C(=O)O)c1. The molecule has 1 N–H and O–H groups in total. The molecule has 0 amide bonds. The second-order valence-corrected chi connectivity index (χ2v) is 2.90. The topological polar surface area (TPSA) is 55.8 Å². The van der Waals surface area contributed by atoms with Crippen LogP contribution < -0.4 is 9.47 Å². The van der Waals surface area contributed by atoms with E-state index in [4.69, 9.17) is 26.2 Å². The van der Waals surface area contributed by atoms with Gasteiger partial charge in [0.2, 0.25) is 0 Å². The summed E-state index contributed by atoms with van der Waals surface area (Å²) in [5.41, 5.74) is -0.0168. The fourth-order valence-electron chi connectivity index (χ4n) is 1.05. The lowest BCUT2D eigenvalue weighted by molar-refractivity contribution is 0.0693. The summed E-state index contributed by atoms with van der Waals surface area (Å²) in [6, 6.07) is 2.85. The van der Waals surface area contributed by atoms with Crippen LogP contribution in [0.25, 0.3) is 0 Å². The van der Waals surface area contributed by atoms with E-state index in [0.29, 0.717) is 5.75 Å². The molecule has 0 unspecified atom stereocenters. The maximum absolute atomic E-state index is 10.8. The summed E-state index contributed by atoms with van der Waals surface area (Å²) in [4.78, 5) is 10.8. The Labute approximate surface area is 86.0 Å². The van der Waals surface area contributed by atoms with Gasteiger partial charge in [-0.05, 0) is 6.07 Å². The van der Waals surface area contributed by atoms with Crippen LogP contribution in [-0.2, 0) is 0 Å². The minimum Gasteiger partial charge on any atom is -0.497 e. The molecular weight excluding hydrogens is 208 g/mol. The standard InChI is InChI=1S/C9H9ClO4/c1-13-5-3-6(9(11)12)8(14-2)7(10)4-5/h3-4H,1-2H3,(H,11,12). The van der Waals surface area contributed by atoms with Crippen LogP contribution in [-0.4, -0.2) is 25.3 Å². The van der Waals surface area contributed by atoms with Gasteiger partial charge in [0, 0.05) is 6.07 Å². The van der Waals surface area contributed by atoms with E-state index in [1.807, 2.05) is 0 Å². The summed E-state index contributed by atoms with van der Waals surface area (Å²) in [5.74, 6) is -0.587. The van der Waals surface area contributed by atoms with Crippen LogP contribution in [0.2, 0.25) is 5.02 Å². The molecule has 0 bridgehead atoms. The Morgan fingerprint density at radius 1 is 1.36 bits per heavy atom. The number of rotatable bonds is 3. The Kier molecular flexibility index (Phi) is 3.19. The van der Waals surface area contributed by atoms with Crippen molar-refractivity contribution in [2.75, 3.05) is 14.2 Å². The lowest BCUT2D eigenvalue weighted by Gasteiger charge is -2.09. The molecule has 0 aliphatic rings. The van der Waals surface area contributed by atoms with E-state index in [-0.39, 0.29) is 16.3 Å². The van der Waals surface area contributed by atoms with Crippen LogP contribution in [0.1, 0.15) is 10.4 Å². The molecule has 0 aliphatic heterocycles. The molecule has 1 rings (SSSR count). The fraction of sp³-hybridized carbons (Fsp3) is 0.222. The molecule has 0 aliphatic carbocycles. The Morgan fingerprint density at radius 2 is 2.00 bits per heavy atom. The predicted molar refractivity (Wildman–Crippen MR) is 51.5 cm³/mol. The van der Waals surface area contributed by atoms with Crippen LogP contribution in [0.3, 0.4) is 0 Å². The largest absolute Gasteiger partial charge is 0.497 e. The lowest BCUT2D eigenvalue weighted by atomic mass is 10.2. The first-order valence-electron chi connectivity index (χ1n) is 3.75. The van der Waals surface area contributed by atoms with Crippen molar-refractivity contribution in [2.45, 2.75) is 0 Å². The van der Waals surface area contributed by atoms with E-state index in [2.05, 4.69) is 0 Å². The van der Waals surface area contributed by atoms with Gasteiger partial charge in [-0.3, -0.25) is 0 Å². The van der Waals surface area contributed by atoms with Crippen molar-refractivity contribution >= 4 is 17.6 Å². The molecule has 0 spiro atoms. The summed E-state index contributed by atoms with van der Waals surface area (Å²) < 4.78 is 9.75. The highest BCUT2D eigenvalue weighted by Crippen LogP contribution is 2.33. The number of halogens is 1. The van der Waals surface area contributed by atoms with Gasteiger partial charge >= 0.3 is 5.97 Å². The van der Waals surface area contributed by atoms with Crippen molar-refractivity contribution in [1.82, 2.24) is 0 Å². The molecular formula is C9H9ClO4. The van der Waals surface area contributed by atoms with E-state index >= 15 is 0 Å². The second-order valence-electron chi connectivity index (χ2n) is 2.50. The van der Waals surface area contributed by atoms with Crippen molar-refractivity contribution in [3.8, 4) is 11.5 Å². The number of aromatic carboxylic acids is 1. The zero-order valence-electron chi connectivity index (χ0n) is 7.70. The third-order valence-electron chi connectivity index (χ3n) is 1.69. The van der Waals surface area contributed by atoms with E-state index < -0.39 is 5.97 Å². The maximum Gasteiger partial charge on any atom is 0.339 e. The summed E-state index contributed by atoms with van der Waals surface area (Å²) in [6.07, 6.45) is 0. The van der Waals surface area contributed by atoms with Crippen LogP contribution in [0, 0.1) is 0 Å². The molecule has 76 valence electrons. The van der Waals surface area contributed by atoms with Gasteiger partial charge in [-0.25, -0.2) is 4.79 Å². The van der Waals surface area contributed by atoms with Gasteiger partial charge in [-0.1, -0.05) is 11.6 Å². The summed E-state index contributed by atoms with van der Waals surface area (Å²) in [7, 11) is 2.80. The van der Waals surface area contributed by atoms with Gasteiger partial charge in [0.05, 0.1) is 19.2 Å². The van der Waals surface area contributed by atoms with Crippen LogP contribution in [0.5, 0.6) is 11.5 Å². The summed E-state index contributed by atoms with van der Waals surface area (Å²) >= 11 is 5.79. The van der Waals surface area contributed by atoms with E-state index in [9.17, 15) is 4.79 Å². The van der Waals surface area contributed by atoms with Gasteiger partial charge in [0.1, 0.15) is 11.3 Å². The van der Waals surface area contributed by atoms with Crippen molar-refractivity contribution in [2.24, 2.45) is 0 Å². The molecule has 1 aromatic carbocycles. The Morgan fingerprint density at radius 3 is 2.43 bits per heavy atom. The monoisotopic (exact) mass is 216 g/mol. The fourth-order valence-corrected chi connectivity index (χ4v) is 1.34. The summed E-state index contributed by atoms with van der Waals surface area (Å²) in [6.45, 7) is 0. The Bertz CT molecular complexity index is 362. The first kappa shape index (κ1) is 10.7. The number of carboxylic acid groups (broad SMARTS) is 1. The van der Waals surface area contributed by atoms with Gasteiger partial charge in [-0.15, -0.1) is 0 Å². The van der Waals surface area contributed by atoms with Crippen molar-refractivity contribution in [1.29, 1.82) is 0 Å². The van der Waals surface area contributed by atoms with Gasteiger partial charge in [0.25, 0.3) is 0 Å². The number of carbonyl (C=O) groups is 1. The van der Waals surface area contributed by atoms with E-state index in [1.54, 1.807) is 0 Å². The number of carboxylic acids is 1. The molecule has 14 heavy (non-hydrogen) atoms. The number of hydrogen-bond donors (Lipinski definition) is 1. The highest BCUT2D eigenvalue weighted by molar-refractivity contribution is 6.32. The molecule has 0 aromatic heterocycles. The molecule has 0 atom stereocenters. The minimum atomic E-state index is -1.11. The first-order valence-corrected chi connectivity index (χ1v) is 4.12. The molecule has 0 heterocycles. The van der Waals surface area contributed by atoms with E-state index in [0.717, 1.165) is 0 Å². The zero-order valence-corrected chi connectivity index (χ0v) is 8.46. The minimum absolute atomic E-state index is 0.0168. The highest BCUT2D eigenvalue weighted by atomic mass is 35.5. The molecule has 0 radical (unpaired) electrons. The Hall–Kier alpha value is -1.42. The number of hydrogen-bond acceptors (Lipinski definition) is 3. The smallest absolute Gasteiger partial charge is 0.339 e. The average molecular weight is 217 g/mol. The second kappa shape index (κ2) is 4.19. The number of methoxy groups -OCH3 is 2. The maximum atomic E-state index is 10.8. The molecule has 1 aromatic rings. The molecule has 0 saturated heterocycles. The van der Waals surface area contributed by atoms with Crippen molar-refractivity contribution < 1.29 is 19.4 Å². The lowest BCUT2D eigenvalue weighted by Crippen LogP contribution is -2.01. The van der Waals surface area contributed by atoms with Crippen LogP contribution in [0.4, 0.5) is 0 Å². The molecule has 4 nitrogen and oxygen atoms in total. The number of ether oxygens (including phenoxy) is 2. The average Bonchev–Trinajstić information content (AvgIpc) is 2.16. The number of benzene rings is 1. The van der Waals surface area contributed by atoms with Gasteiger partial charge in [-0.2, -0.15) is 0 Å². The summed E-state index contributed by atoms with van der Waals surface area (Å²) in [5, 5.41) is 9.06. The molecule has 0 fully saturated rings. The molecule has 0 saturated carbocycles. The molecule has 5 heteroatoms. The normalized spacial score (nSPS) is 9.64. The van der Waals surface area contributed by atoms with E-state index in [1.165, 1.54) is 26.4 Å². The third kappa shape index (κ3) is 1.90.